The topological polar surface area (TPSA) is 46.2 Å². The van der Waals surface area contributed by atoms with Crippen molar-refractivity contribution in [3.8, 4) is 0 Å². The van der Waals surface area contributed by atoms with E-state index in [1.165, 1.54) is 0 Å². The van der Waals surface area contributed by atoms with Gasteiger partial charge in [-0.2, -0.15) is 0 Å². The quantitative estimate of drug-likeness (QED) is 0.804. The molecule has 0 bridgehead atoms. The van der Waals surface area contributed by atoms with Gasteiger partial charge >= 0.3 is 0 Å². The largest absolute Gasteiger partial charge is 0.380 e. The Labute approximate surface area is 125 Å². The molecule has 1 aromatic rings. The highest BCUT2D eigenvalue weighted by Crippen LogP contribution is 2.36. The van der Waals surface area contributed by atoms with Crippen molar-refractivity contribution in [3.63, 3.8) is 0 Å². The normalized spacial score (nSPS) is 22.7. The van der Waals surface area contributed by atoms with Crippen molar-refractivity contribution in [2.45, 2.75) is 18.9 Å². The van der Waals surface area contributed by atoms with Crippen molar-refractivity contribution >= 4 is 54.7 Å². The highest BCUT2D eigenvalue weighted by atomic mass is 79.9. The lowest BCUT2D eigenvalue weighted by molar-refractivity contribution is 0.562. The zero-order valence-electron chi connectivity index (χ0n) is 9.42. The molecule has 1 heterocycles. The van der Waals surface area contributed by atoms with Crippen LogP contribution >= 0.6 is 39.1 Å². The lowest BCUT2D eigenvalue weighted by Gasteiger charge is -2.24. The fourth-order valence-electron chi connectivity index (χ4n) is 1.99. The molecule has 1 saturated heterocycles. The van der Waals surface area contributed by atoms with Gasteiger partial charge in [-0.25, -0.2) is 8.42 Å². The zero-order chi connectivity index (χ0) is 13.3. The van der Waals surface area contributed by atoms with Crippen LogP contribution in [0.25, 0.3) is 0 Å². The SMILES string of the molecule is O=S1(=O)CCCC(Nc2ccc(Br)c(Cl)c2Cl)C1. The van der Waals surface area contributed by atoms with Crippen molar-refractivity contribution in [2.24, 2.45) is 0 Å². The van der Waals surface area contributed by atoms with Crippen LogP contribution in [0.15, 0.2) is 16.6 Å². The summed E-state index contributed by atoms with van der Waals surface area (Å²) in [5.41, 5.74) is 0.673. The number of halogens is 3. The summed E-state index contributed by atoms with van der Waals surface area (Å²) in [5.74, 6) is 0.428. The third kappa shape index (κ3) is 3.32. The fraction of sp³-hybridized carbons (Fsp3) is 0.455. The van der Waals surface area contributed by atoms with Crippen LogP contribution in [-0.4, -0.2) is 26.0 Å². The second-order valence-electron chi connectivity index (χ2n) is 4.32. The van der Waals surface area contributed by atoms with Crippen LogP contribution in [0.5, 0.6) is 0 Å². The van der Waals surface area contributed by atoms with Crippen LogP contribution < -0.4 is 5.32 Å². The van der Waals surface area contributed by atoms with E-state index in [4.69, 9.17) is 23.2 Å². The van der Waals surface area contributed by atoms with Gasteiger partial charge in [-0.3, -0.25) is 0 Å². The molecule has 1 aliphatic heterocycles. The number of hydrogen-bond acceptors (Lipinski definition) is 3. The van der Waals surface area contributed by atoms with Crippen molar-refractivity contribution in [1.29, 1.82) is 0 Å². The molecule has 1 unspecified atom stereocenters. The molecule has 1 fully saturated rings. The van der Waals surface area contributed by atoms with E-state index in [9.17, 15) is 8.42 Å². The first-order valence-electron chi connectivity index (χ1n) is 5.49. The Kier molecular flexibility index (Phi) is 4.47. The summed E-state index contributed by atoms with van der Waals surface area (Å²) in [6.45, 7) is 0. The van der Waals surface area contributed by atoms with E-state index in [1.54, 1.807) is 12.1 Å². The summed E-state index contributed by atoms with van der Waals surface area (Å²) >= 11 is 15.4. The molecule has 7 heteroatoms. The van der Waals surface area contributed by atoms with E-state index in [0.29, 0.717) is 22.2 Å². The molecule has 1 aromatic carbocycles. The summed E-state index contributed by atoms with van der Waals surface area (Å²) < 4.78 is 23.8. The molecule has 18 heavy (non-hydrogen) atoms. The third-order valence-corrected chi connectivity index (χ3v) is 6.45. The Morgan fingerprint density at radius 1 is 1.28 bits per heavy atom. The molecule has 0 aliphatic carbocycles. The van der Waals surface area contributed by atoms with Crippen molar-refractivity contribution in [3.05, 3.63) is 26.7 Å². The Morgan fingerprint density at radius 2 is 2.00 bits per heavy atom. The van der Waals surface area contributed by atoms with Crippen LogP contribution in [-0.2, 0) is 9.84 Å². The number of sulfone groups is 1. The van der Waals surface area contributed by atoms with Gasteiger partial charge in [0.25, 0.3) is 0 Å². The van der Waals surface area contributed by atoms with Gasteiger partial charge in [0.05, 0.1) is 27.2 Å². The summed E-state index contributed by atoms with van der Waals surface area (Å²) in [4.78, 5) is 0. The molecule has 0 amide bonds. The number of hydrogen-bond donors (Lipinski definition) is 1. The van der Waals surface area contributed by atoms with E-state index < -0.39 is 9.84 Å². The van der Waals surface area contributed by atoms with Crippen molar-refractivity contribution in [2.75, 3.05) is 16.8 Å². The molecule has 1 N–H and O–H groups in total. The summed E-state index contributed by atoms with van der Waals surface area (Å²) in [5, 5.41) is 4.00. The van der Waals surface area contributed by atoms with E-state index >= 15 is 0 Å². The maximum atomic E-state index is 11.6. The summed E-state index contributed by atoms with van der Waals surface area (Å²) in [6, 6.07) is 3.48. The number of anilines is 1. The van der Waals surface area contributed by atoms with E-state index in [2.05, 4.69) is 21.2 Å². The summed E-state index contributed by atoms with van der Waals surface area (Å²) in [7, 11) is -2.93. The van der Waals surface area contributed by atoms with E-state index in [1.807, 2.05) is 0 Å². The van der Waals surface area contributed by atoms with Crippen molar-refractivity contribution in [1.82, 2.24) is 0 Å². The van der Waals surface area contributed by atoms with Crippen molar-refractivity contribution < 1.29 is 8.42 Å². The van der Waals surface area contributed by atoms with Gasteiger partial charge in [-0.15, -0.1) is 0 Å². The Balaban J connectivity index is 2.17. The van der Waals surface area contributed by atoms with Gasteiger partial charge in [0, 0.05) is 10.5 Å². The van der Waals surface area contributed by atoms with E-state index in [0.717, 1.165) is 10.9 Å². The van der Waals surface area contributed by atoms with Crippen LogP contribution in [0.1, 0.15) is 12.8 Å². The minimum Gasteiger partial charge on any atom is -0.380 e. The molecule has 0 aromatic heterocycles. The standard InChI is InChI=1S/C11H12BrCl2NO2S/c12-8-3-4-9(11(14)10(8)13)15-7-2-1-5-18(16,17)6-7/h3-4,7,15H,1-2,5-6H2. The maximum Gasteiger partial charge on any atom is 0.152 e. The minimum absolute atomic E-state index is 0.0986. The molecule has 0 saturated carbocycles. The monoisotopic (exact) mass is 371 g/mol. The van der Waals surface area contributed by atoms with Gasteiger partial charge in [0.15, 0.2) is 9.84 Å². The molecule has 2 rings (SSSR count). The third-order valence-electron chi connectivity index (χ3n) is 2.86. The smallest absolute Gasteiger partial charge is 0.152 e. The fourth-order valence-corrected chi connectivity index (χ4v) is 4.46. The van der Waals surface area contributed by atoms with Gasteiger partial charge in [0.2, 0.25) is 0 Å². The molecule has 3 nitrogen and oxygen atoms in total. The molecular formula is C11H12BrCl2NO2S. The highest BCUT2D eigenvalue weighted by Gasteiger charge is 2.25. The first-order valence-corrected chi connectivity index (χ1v) is 8.86. The Bertz CT molecular complexity index is 562. The van der Waals surface area contributed by atoms with Gasteiger partial charge in [-0.05, 0) is 40.9 Å². The van der Waals surface area contributed by atoms with E-state index in [-0.39, 0.29) is 17.5 Å². The first-order chi connectivity index (χ1) is 8.39. The minimum atomic E-state index is -2.93. The average molecular weight is 373 g/mol. The van der Waals surface area contributed by atoms with Crippen LogP contribution in [0.3, 0.4) is 0 Å². The average Bonchev–Trinajstić information content (AvgIpc) is 2.29. The Hall–Kier alpha value is 0.0300. The Morgan fingerprint density at radius 3 is 2.67 bits per heavy atom. The first kappa shape index (κ1) is 14.4. The second-order valence-corrected chi connectivity index (χ2v) is 8.16. The van der Waals surface area contributed by atoms with Gasteiger partial charge < -0.3 is 5.32 Å². The molecular weight excluding hydrogens is 361 g/mol. The molecule has 1 atom stereocenters. The predicted molar refractivity (Wildman–Crippen MR) is 79.5 cm³/mol. The lowest BCUT2D eigenvalue weighted by Crippen LogP contribution is -2.34. The molecule has 100 valence electrons. The van der Waals surface area contributed by atoms with Crippen LogP contribution in [0.2, 0.25) is 10.0 Å². The molecule has 0 radical (unpaired) electrons. The van der Waals surface area contributed by atoms with Gasteiger partial charge in [-0.1, -0.05) is 23.2 Å². The lowest BCUT2D eigenvalue weighted by atomic mass is 10.1. The summed E-state index contributed by atoms with van der Waals surface area (Å²) in [6.07, 6.45) is 1.51. The maximum absolute atomic E-state index is 11.6. The van der Waals surface area contributed by atoms with Crippen LogP contribution in [0.4, 0.5) is 5.69 Å². The number of rotatable bonds is 2. The molecule has 1 aliphatic rings. The number of nitrogens with one attached hydrogen (secondary N) is 1. The zero-order valence-corrected chi connectivity index (χ0v) is 13.3. The highest BCUT2D eigenvalue weighted by molar-refractivity contribution is 9.10. The second kappa shape index (κ2) is 5.57. The van der Waals surface area contributed by atoms with Gasteiger partial charge in [0.1, 0.15) is 0 Å². The number of benzene rings is 1. The molecule has 0 spiro atoms. The van der Waals surface area contributed by atoms with Crippen LogP contribution in [0, 0.1) is 0 Å². The predicted octanol–water partition coefficient (Wildman–Crippen LogP) is 3.75.